The Bertz CT molecular complexity index is 465. The van der Waals surface area contributed by atoms with Crippen molar-refractivity contribution in [1.82, 2.24) is 4.90 Å². The van der Waals surface area contributed by atoms with Crippen LogP contribution in [0.5, 0.6) is 0 Å². The number of nitrogens with zero attached hydrogens (tertiary/aromatic N) is 1. The van der Waals surface area contributed by atoms with Crippen molar-refractivity contribution in [2.24, 2.45) is 11.7 Å². The second kappa shape index (κ2) is 7.93. The van der Waals surface area contributed by atoms with Crippen LogP contribution in [-0.4, -0.2) is 36.2 Å². The van der Waals surface area contributed by atoms with Crippen molar-refractivity contribution in [2.45, 2.75) is 32.1 Å². The number of benzene rings is 1. The Labute approximate surface area is 126 Å². The van der Waals surface area contributed by atoms with Gasteiger partial charge in [0.1, 0.15) is 0 Å². The second-order valence-corrected chi connectivity index (χ2v) is 5.85. The number of carbonyl (C=O) groups is 2. The van der Waals surface area contributed by atoms with Gasteiger partial charge in [-0.1, -0.05) is 30.3 Å². The first-order chi connectivity index (χ1) is 10.1. The van der Waals surface area contributed by atoms with E-state index >= 15 is 0 Å². The Hall–Kier alpha value is -1.68. The van der Waals surface area contributed by atoms with Crippen LogP contribution in [0.3, 0.4) is 0 Å². The highest BCUT2D eigenvalue weighted by Gasteiger charge is 2.20. The molecule has 0 spiro atoms. The van der Waals surface area contributed by atoms with E-state index in [1.54, 1.807) is 0 Å². The largest absolute Gasteiger partial charge is 0.370 e. The molecule has 0 atom stereocenters. The fourth-order valence-corrected chi connectivity index (χ4v) is 2.93. The highest BCUT2D eigenvalue weighted by atomic mass is 16.1. The van der Waals surface area contributed by atoms with Crippen LogP contribution in [0.15, 0.2) is 30.3 Å². The summed E-state index contributed by atoms with van der Waals surface area (Å²) in [5.41, 5.74) is 6.04. The number of hydrogen-bond acceptors (Lipinski definition) is 3. The number of piperidine rings is 1. The smallest absolute Gasteiger partial charge is 0.217 e. The van der Waals surface area contributed by atoms with E-state index in [4.69, 9.17) is 5.73 Å². The fraction of sp³-hybridized carbons (Fsp3) is 0.529. The predicted octanol–water partition coefficient (Wildman–Crippen LogP) is 2.24. The highest BCUT2D eigenvalue weighted by molar-refractivity contribution is 5.95. The van der Waals surface area contributed by atoms with Crippen LogP contribution in [0.2, 0.25) is 0 Å². The van der Waals surface area contributed by atoms with Crippen molar-refractivity contribution in [3.63, 3.8) is 0 Å². The third kappa shape index (κ3) is 5.31. The van der Waals surface area contributed by atoms with Gasteiger partial charge in [0.15, 0.2) is 5.78 Å². The van der Waals surface area contributed by atoms with Gasteiger partial charge < -0.3 is 10.6 Å². The van der Waals surface area contributed by atoms with Crippen LogP contribution in [-0.2, 0) is 4.79 Å². The van der Waals surface area contributed by atoms with Crippen LogP contribution in [0, 0.1) is 5.92 Å². The summed E-state index contributed by atoms with van der Waals surface area (Å²) in [7, 11) is 0. The molecule has 1 aliphatic heterocycles. The first kappa shape index (κ1) is 15.7. The molecule has 1 aromatic carbocycles. The third-order valence-electron chi connectivity index (χ3n) is 4.17. The first-order valence-corrected chi connectivity index (χ1v) is 7.74. The molecule has 114 valence electrons. The minimum absolute atomic E-state index is 0.193. The molecule has 0 unspecified atom stereocenters. The van der Waals surface area contributed by atoms with E-state index in [-0.39, 0.29) is 11.7 Å². The maximum atomic E-state index is 12.0. The average molecular weight is 288 g/mol. The number of amides is 1. The van der Waals surface area contributed by atoms with E-state index < -0.39 is 0 Å². The van der Waals surface area contributed by atoms with Crippen molar-refractivity contribution >= 4 is 11.7 Å². The Morgan fingerprint density at radius 3 is 2.43 bits per heavy atom. The lowest BCUT2D eigenvalue weighted by Gasteiger charge is -2.31. The van der Waals surface area contributed by atoms with E-state index in [1.807, 2.05) is 30.3 Å². The van der Waals surface area contributed by atoms with Gasteiger partial charge in [-0.15, -0.1) is 0 Å². The SMILES string of the molecule is NC(=O)CC1CCN(CCCC(=O)c2ccccc2)CC1. The lowest BCUT2D eigenvalue weighted by molar-refractivity contribution is -0.119. The third-order valence-corrected chi connectivity index (χ3v) is 4.17. The van der Waals surface area contributed by atoms with E-state index in [1.165, 1.54) is 0 Å². The van der Waals surface area contributed by atoms with Gasteiger partial charge in [0, 0.05) is 18.4 Å². The zero-order valence-electron chi connectivity index (χ0n) is 12.5. The molecular formula is C17H24N2O2. The zero-order chi connectivity index (χ0) is 15.1. The molecule has 21 heavy (non-hydrogen) atoms. The molecule has 4 heteroatoms. The summed E-state index contributed by atoms with van der Waals surface area (Å²) in [6.45, 7) is 2.98. The van der Waals surface area contributed by atoms with Gasteiger partial charge in [0.05, 0.1) is 0 Å². The molecule has 0 radical (unpaired) electrons. The highest BCUT2D eigenvalue weighted by Crippen LogP contribution is 2.20. The maximum Gasteiger partial charge on any atom is 0.217 e. The van der Waals surface area contributed by atoms with E-state index in [0.717, 1.165) is 44.5 Å². The lowest BCUT2D eigenvalue weighted by atomic mass is 9.93. The number of hydrogen-bond donors (Lipinski definition) is 1. The van der Waals surface area contributed by atoms with Crippen LogP contribution < -0.4 is 5.73 Å². The van der Waals surface area contributed by atoms with Gasteiger partial charge in [-0.2, -0.15) is 0 Å². The van der Waals surface area contributed by atoms with Crippen LogP contribution in [0.1, 0.15) is 42.5 Å². The van der Waals surface area contributed by atoms with Crippen molar-refractivity contribution in [1.29, 1.82) is 0 Å². The molecule has 0 saturated carbocycles. The number of likely N-dealkylation sites (tertiary alicyclic amines) is 1. The van der Waals surface area contributed by atoms with Gasteiger partial charge in [-0.25, -0.2) is 0 Å². The molecule has 0 aromatic heterocycles. The molecule has 4 nitrogen and oxygen atoms in total. The summed E-state index contributed by atoms with van der Waals surface area (Å²) in [4.78, 5) is 25.3. The molecule has 1 fully saturated rings. The molecule has 1 aromatic rings. The van der Waals surface area contributed by atoms with Crippen LogP contribution in [0.4, 0.5) is 0 Å². The number of primary amides is 1. The predicted molar refractivity (Wildman–Crippen MR) is 83.0 cm³/mol. The Balaban J connectivity index is 1.64. The van der Waals surface area contributed by atoms with E-state index in [2.05, 4.69) is 4.90 Å². The molecule has 2 N–H and O–H groups in total. The number of nitrogens with two attached hydrogens (primary N) is 1. The minimum atomic E-state index is -0.193. The number of carbonyl (C=O) groups excluding carboxylic acids is 2. The van der Waals surface area contributed by atoms with Crippen molar-refractivity contribution in [3.8, 4) is 0 Å². The normalized spacial score (nSPS) is 16.8. The molecular weight excluding hydrogens is 264 g/mol. The summed E-state index contributed by atoms with van der Waals surface area (Å²) >= 11 is 0. The molecule has 1 saturated heterocycles. The monoisotopic (exact) mass is 288 g/mol. The maximum absolute atomic E-state index is 12.0. The summed E-state index contributed by atoms with van der Waals surface area (Å²) in [6, 6.07) is 9.47. The summed E-state index contributed by atoms with van der Waals surface area (Å²) in [5.74, 6) is 0.478. The van der Waals surface area contributed by atoms with Crippen LogP contribution in [0.25, 0.3) is 0 Å². The van der Waals surface area contributed by atoms with Gasteiger partial charge in [0.25, 0.3) is 0 Å². The molecule has 0 aliphatic carbocycles. The van der Waals surface area contributed by atoms with Crippen molar-refractivity contribution < 1.29 is 9.59 Å². The fourth-order valence-electron chi connectivity index (χ4n) is 2.93. The number of Topliss-reactive ketones (excluding diaryl/α,β-unsaturated/α-hetero) is 1. The Morgan fingerprint density at radius 1 is 1.14 bits per heavy atom. The summed E-state index contributed by atoms with van der Waals surface area (Å²) in [6.07, 6.45) is 4.09. The Kier molecular flexibility index (Phi) is 5.93. The quantitative estimate of drug-likeness (QED) is 0.783. The Morgan fingerprint density at radius 2 is 1.81 bits per heavy atom. The molecule has 1 aliphatic rings. The van der Waals surface area contributed by atoms with Crippen molar-refractivity contribution in [3.05, 3.63) is 35.9 Å². The van der Waals surface area contributed by atoms with Crippen LogP contribution >= 0.6 is 0 Å². The number of ketones is 1. The van der Waals surface area contributed by atoms with Crippen molar-refractivity contribution in [2.75, 3.05) is 19.6 Å². The second-order valence-electron chi connectivity index (χ2n) is 5.85. The molecule has 1 amide bonds. The minimum Gasteiger partial charge on any atom is -0.370 e. The van der Waals surface area contributed by atoms with Gasteiger partial charge in [-0.05, 0) is 44.8 Å². The van der Waals surface area contributed by atoms with Gasteiger partial charge in [0.2, 0.25) is 5.91 Å². The average Bonchev–Trinajstić information content (AvgIpc) is 2.49. The topological polar surface area (TPSA) is 63.4 Å². The standard InChI is InChI=1S/C17H24N2O2/c18-17(21)13-14-8-11-19(12-9-14)10-4-7-16(20)15-5-2-1-3-6-15/h1-3,5-6,14H,4,7-13H2,(H2,18,21). The molecule has 1 heterocycles. The summed E-state index contributed by atoms with van der Waals surface area (Å²) < 4.78 is 0. The first-order valence-electron chi connectivity index (χ1n) is 7.74. The lowest BCUT2D eigenvalue weighted by Crippen LogP contribution is -2.35. The molecule has 0 bridgehead atoms. The summed E-state index contributed by atoms with van der Waals surface area (Å²) in [5, 5.41) is 0. The van der Waals surface area contributed by atoms with E-state index in [9.17, 15) is 9.59 Å². The number of rotatable bonds is 7. The van der Waals surface area contributed by atoms with Gasteiger partial charge >= 0.3 is 0 Å². The van der Waals surface area contributed by atoms with E-state index in [0.29, 0.717) is 18.8 Å². The van der Waals surface area contributed by atoms with Gasteiger partial charge in [-0.3, -0.25) is 9.59 Å². The molecule has 2 rings (SSSR count). The zero-order valence-corrected chi connectivity index (χ0v) is 12.5.